The number of hydrogen-bond acceptors (Lipinski definition) is 5. The Labute approximate surface area is 134 Å². The molecule has 0 aliphatic heterocycles. The van der Waals surface area contributed by atoms with Crippen LogP contribution in [0.2, 0.25) is 0 Å². The van der Waals surface area contributed by atoms with E-state index in [1.54, 1.807) is 23.1 Å². The molecule has 0 saturated carbocycles. The molecule has 0 aliphatic carbocycles. The van der Waals surface area contributed by atoms with Crippen LogP contribution in [0.4, 0.5) is 0 Å². The summed E-state index contributed by atoms with van der Waals surface area (Å²) in [5.41, 5.74) is 0.567. The van der Waals surface area contributed by atoms with Gasteiger partial charge in [-0.1, -0.05) is 30.8 Å². The van der Waals surface area contributed by atoms with E-state index in [9.17, 15) is 5.26 Å². The Morgan fingerprint density at radius 2 is 2.10 bits per heavy atom. The number of nitrogens with one attached hydrogen (secondary N) is 1. The van der Waals surface area contributed by atoms with Gasteiger partial charge in [0.25, 0.3) is 0 Å². The molecule has 2 rings (SSSR count). The summed E-state index contributed by atoms with van der Waals surface area (Å²) in [7, 11) is 0. The molecule has 112 valence electrons. The normalized spacial score (nSPS) is 15.8. The van der Waals surface area contributed by atoms with Gasteiger partial charge in [0, 0.05) is 11.3 Å². The lowest BCUT2D eigenvalue weighted by Crippen LogP contribution is -2.46. The minimum atomic E-state index is -0.489. The van der Waals surface area contributed by atoms with Crippen LogP contribution in [0.1, 0.15) is 34.1 Å². The first kappa shape index (κ1) is 16.3. The van der Waals surface area contributed by atoms with E-state index in [1.807, 2.05) is 25.1 Å². The summed E-state index contributed by atoms with van der Waals surface area (Å²) < 4.78 is 2.30. The van der Waals surface area contributed by atoms with Gasteiger partial charge in [-0.2, -0.15) is 5.26 Å². The number of para-hydroxylation sites is 1. The monoisotopic (exact) mass is 319 g/mol. The van der Waals surface area contributed by atoms with Gasteiger partial charge in [0.05, 0.1) is 16.3 Å². The molecule has 2 atom stereocenters. The van der Waals surface area contributed by atoms with Gasteiger partial charge in [-0.25, -0.2) is 4.98 Å². The fraction of sp³-hybridized carbons (Fsp3) is 0.500. The summed E-state index contributed by atoms with van der Waals surface area (Å²) in [5, 5.41) is 13.1. The predicted octanol–water partition coefficient (Wildman–Crippen LogP) is 4.45. The van der Waals surface area contributed by atoms with Crippen molar-refractivity contribution in [1.29, 1.82) is 5.26 Å². The number of aromatic nitrogens is 1. The van der Waals surface area contributed by atoms with Gasteiger partial charge in [0.1, 0.15) is 5.54 Å². The van der Waals surface area contributed by atoms with E-state index >= 15 is 0 Å². The quantitative estimate of drug-likeness (QED) is 0.799. The summed E-state index contributed by atoms with van der Waals surface area (Å²) in [6.45, 7) is 8.28. The first-order valence-electron chi connectivity index (χ1n) is 7.13. The Morgan fingerprint density at radius 1 is 1.38 bits per heavy atom. The van der Waals surface area contributed by atoms with Gasteiger partial charge in [-0.3, -0.25) is 5.32 Å². The summed E-state index contributed by atoms with van der Waals surface area (Å²) in [4.78, 5) is 4.65. The maximum Gasteiger partial charge on any atom is 0.151 e. The highest BCUT2D eigenvalue weighted by molar-refractivity contribution is 8.01. The lowest BCUT2D eigenvalue weighted by atomic mass is 9.97. The Morgan fingerprint density at radius 3 is 2.71 bits per heavy atom. The molecule has 21 heavy (non-hydrogen) atoms. The van der Waals surface area contributed by atoms with Crippen molar-refractivity contribution < 1.29 is 0 Å². The van der Waals surface area contributed by atoms with Crippen molar-refractivity contribution in [3.63, 3.8) is 0 Å². The third kappa shape index (κ3) is 4.44. The number of hydrogen-bond donors (Lipinski definition) is 1. The molecule has 0 fully saturated rings. The van der Waals surface area contributed by atoms with Crippen molar-refractivity contribution in [3.8, 4) is 6.07 Å². The molecule has 1 heterocycles. The second-order valence-corrected chi connectivity index (χ2v) is 8.54. The second kappa shape index (κ2) is 6.78. The summed E-state index contributed by atoms with van der Waals surface area (Å²) in [6, 6.07) is 10.9. The van der Waals surface area contributed by atoms with E-state index in [2.05, 4.69) is 43.2 Å². The van der Waals surface area contributed by atoms with Crippen molar-refractivity contribution in [2.24, 2.45) is 0 Å². The molecule has 1 N–H and O–H groups in total. The highest BCUT2D eigenvalue weighted by Gasteiger charge is 2.27. The zero-order valence-corrected chi connectivity index (χ0v) is 14.5. The molecule has 0 radical (unpaired) electrons. The van der Waals surface area contributed by atoms with Gasteiger partial charge in [0.15, 0.2) is 4.34 Å². The maximum atomic E-state index is 9.43. The largest absolute Gasteiger partial charge is 0.297 e. The molecule has 0 aliphatic rings. The van der Waals surface area contributed by atoms with Crippen molar-refractivity contribution in [3.05, 3.63) is 24.3 Å². The average Bonchev–Trinajstić information content (AvgIpc) is 2.79. The molecule has 1 aromatic carbocycles. The third-order valence-corrected chi connectivity index (χ3v) is 5.36. The van der Waals surface area contributed by atoms with Crippen molar-refractivity contribution in [2.45, 2.75) is 55.3 Å². The molecule has 0 bridgehead atoms. The van der Waals surface area contributed by atoms with E-state index in [0.717, 1.165) is 16.3 Å². The highest BCUT2D eigenvalue weighted by Crippen LogP contribution is 2.34. The predicted molar refractivity (Wildman–Crippen MR) is 91.8 cm³/mol. The maximum absolute atomic E-state index is 9.43. The molecule has 1 aromatic heterocycles. The first-order chi connectivity index (χ1) is 9.92. The molecule has 0 saturated heterocycles. The lowest BCUT2D eigenvalue weighted by Gasteiger charge is -2.28. The Balaban J connectivity index is 2.03. The number of rotatable bonds is 6. The molecule has 5 heteroatoms. The van der Waals surface area contributed by atoms with Crippen LogP contribution < -0.4 is 5.32 Å². The average molecular weight is 319 g/mol. The Kier molecular flexibility index (Phi) is 5.26. The molecule has 0 amide bonds. The van der Waals surface area contributed by atoms with Crippen molar-refractivity contribution in [2.75, 3.05) is 0 Å². The van der Waals surface area contributed by atoms with Gasteiger partial charge < -0.3 is 0 Å². The Bertz CT molecular complexity index is 611. The van der Waals surface area contributed by atoms with Gasteiger partial charge in [-0.05, 0) is 39.3 Å². The zero-order valence-electron chi connectivity index (χ0n) is 12.9. The highest BCUT2D eigenvalue weighted by atomic mass is 32.2. The fourth-order valence-corrected chi connectivity index (χ4v) is 5.03. The number of benzene rings is 1. The fourth-order valence-electron chi connectivity index (χ4n) is 2.46. The summed E-state index contributed by atoms with van der Waals surface area (Å²) in [5.74, 6) is 0. The van der Waals surface area contributed by atoms with Crippen molar-refractivity contribution in [1.82, 2.24) is 10.3 Å². The van der Waals surface area contributed by atoms with E-state index in [1.165, 1.54) is 4.70 Å². The molecular weight excluding hydrogens is 298 g/mol. The molecule has 2 unspecified atom stereocenters. The number of fused-ring (bicyclic) bond motifs is 1. The standard InChI is InChI=1S/C16H21N3S2/c1-11(2)19-16(4,10-17)9-12(3)20-15-18-13-7-5-6-8-14(13)21-15/h5-8,11-12,19H,9H2,1-4H3. The smallest absolute Gasteiger partial charge is 0.151 e. The molecule has 0 spiro atoms. The van der Waals surface area contributed by atoms with Crippen LogP contribution in [0, 0.1) is 11.3 Å². The zero-order chi connectivity index (χ0) is 15.5. The van der Waals surface area contributed by atoms with E-state index < -0.39 is 5.54 Å². The number of thioether (sulfide) groups is 1. The molecular formula is C16H21N3S2. The van der Waals surface area contributed by atoms with Crippen LogP contribution in [0.25, 0.3) is 10.2 Å². The first-order valence-corrected chi connectivity index (χ1v) is 8.82. The lowest BCUT2D eigenvalue weighted by molar-refractivity contribution is 0.382. The van der Waals surface area contributed by atoms with Crippen molar-refractivity contribution >= 4 is 33.3 Å². The van der Waals surface area contributed by atoms with Crippen LogP contribution >= 0.6 is 23.1 Å². The number of thiazole rings is 1. The molecule has 3 nitrogen and oxygen atoms in total. The van der Waals surface area contributed by atoms with Crippen LogP contribution in [0.3, 0.4) is 0 Å². The Hall–Kier alpha value is -1.09. The van der Waals surface area contributed by atoms with Crippen LogP contribution in [0.5, 0.6) is 0 Å². The SMILES string of the molecule is CC(C)NC(C)(C#N)CC(C)Sc1nc2ccccc2s1. The third-order valence-electron chi connectivity index (χ3n) is 3.13. The van der Waals surface area contributed by atoms with E-state index in [0.29, 0.717) is 11.3 Å². The summed E-state index contributed by atoms with van der Waals surface area (Å²) in [6.07, 6.45) is 0.794. The number of nitrogens with zero attached hydrogens (tertiary/aromatic N) is 2. The number of nitriles is 1. The topological polar surface area (TPSA) is 48.7 Å². The minimum absolute atomic E-state index is 0.300. The minimum Gasteiger partial charge on any atom is -0.297 e. The van der Waals surface area contributed by atoms with Crippen LogP contribution in [-0.2, 0) is 0 Å². The molecule has 2 aromatic rings. The van der Waals surface area contributed by atoms with E-state index in [-0.39, 0.29) is 0 Å². The van der Waals surface area contributed by atoms with Gasteiger partial charge in [-0.15, -0.1) is 11.3 Å². The van der Waals surface area contributed by atoms with Crippen LogP contribution in [-0.4, -0.2) is 21.8 Å². The van der Waals surface area contributed by atoms with Gasteiger partial charge >= 0.3 is 0 Å². The van der Waals surface area contributed by atoms with E-state index in [4.69, 9.17) is 0 Å². The second-order valence-electron chi connectivity index (χ2n) is 5.82. The summed E-state index contributed by atoms with van der Waals surface area (Å²) >= 11 is 3.48. The van der Waals surface area contributed by atoms with Crippen LogP contribution in [0.15, 0.2) is 28.6 Å². The van der Waals surface area contributed by atoms with Gasteiger partial charge in [0.2, 0.25) is 0 Å².